The smallest absolute Gasteiger partial charge is 0.247 e. The van der Waals surface area contributed by atoms with E-state index < -0.39 is 0 Å². The van der Waals surface area contributed by atoms with Crippen molar-refractivity contribution in [2.75, 3.05) is 0 Å². The van der Waals surface area contributed by atoms with Gasteiger partial charge in [-0.1, -0.05) is 12.1 Å². The molecule has 0 atom stereocenters. The maximum atomic E-state index is 12.6. The predicted octanol–water partition coefficient (Wildman–Crippen LogP) is 2.96. The van der Waals surface area contributed by atoms with Crippen LogP contribution in [0.3, 0.4) is 0 Å². The lowest BCUT2D eigenvalue weighted by Gasteiger charge is -2.05. The molecule has 0 N–H and O–H groups in total. The van der Waals surface area contributed by atoms with Gasteiger partial charge in [-0.3, -0.25) is 14.6 Å². The first-order valence-corrected chi connectivity index (χ1v) is 6.65. The van der Waals surface area contributed by atoms with E-state index in [2.05, 4.69) is 10.2 Å². The minimum atomic E-state index is -0.156. The van der Waals surface area contributed by atoms with Gasteiger partial charge in [-0.15, -0.1) is 10.2 Å². The highest BCUT2D eigenvalue weighted by atomic mass is 17.2. The van der Waals surface area contributed by atoms with Crippen molar-refractivity contribution in [3.05, 3.63) is 59.5 Å². The van der Waals surface area contributed by atoms with Crippen LogP contribution >= 0.6 is 0 Å². The Morgan fingerprint density at radius 2 is 1.68 bits per heavy atom. The molecule has 0 spiro atoms. The Labute approximate surface area is 125 Å². The number of hydrogen-bond acceptors (Lipinski definition) is 6. The normalized spacial score (nSPS) is 12.7. The zero-order valence-electron chi connectivity index (χ0n) is 11.6. The first-order valence-electron chi connectivity index (χ1n) is 6.65. The Bertz CT molecular complexity index is 885. The maximum absolute atomic E-state index is 12.6. The fraction of sp³-hybridized carbons (Fsp3) is 0.0625. The molecule has 0 fully saturated rings. The van der Waals surface area contributed by atoms with Crippen LogP contribution in [0, 0.1) is 6.92 Å². The fourth-order valence-corrected chi connectivity index (χ4v) is 2.29. The average molecular weight is 294 g/mol. The standard InChI is InChI=1S/C16H10N2O4/c1-9-17-18-16(20-9)10-6-7-12-14(8-10)22-21-13-5-3-2-4-11(13)15(12)19/h2-8H,1H3. The number of carbonyl (C=O) groups excluding carboxylic acids is 1. The summed E-state index contributed by atoms with van der Waals surface area (Å²) in [6.07, 6.45) is 0. The average Bonchev–Trinajstić information content (AvgIpc) is 2.93. The second-order valence-corrected chi connectivity index (χ2v) is 4.83. The fourth-order valence-electron chi connectivity index (χ4n) is 2.29. The topological polar surface area (TPSA) is 74.5 Å². The summed E-state index contributed by atoms with van der Waals surface area (Å²) >= 11 is 0. The third-order valence-electron chi connectivity index (χ3n) is 3.35. The molecule has 2 aromatic carbocycles. The summed E-state index contributed by atoms with van der Waals surface area (Å²) in [5.41, 5.74) is 1.54. The number of aromatic nitrogens is 2. The molecule has 0 radical (unpaired) electrons. The van der Waals surface area contributed by atoms with Gasteiger partial charge in [-0.25, -0.2) is 0 Å². The molecule has 0 saturated heterocycles. The van der Waals surface area contributed by atoms with Crippen molar-refractivity contribution < 1.29 is 19.0 Å². The number of carbonyl (C=O) groups is 1. The second kappa shape index (κ2) is 4.70. The molecule has 22 heavy (non-hydrogen) atoms. The van der Waals surface area contributed by atoms with Gasteiger partial charge in [0.15, 0.2) is 11.5 Å². The summed E-state index contributed by atoms with van der Waals surface area (Å²) in [6.45, 7) is 1.71. The number of rotatable bonds is 1. The lowest BCUT2D eigenvalue weighted by atomic mass is 10.0. The first-order chi connectivity index (χ1) is 10.7. The van der Waals surface area contributed by atoms with Gasteiger partial charge in [0.25, 0.3) is 0 Å². The number of fused-ring (bicyclic) bond motifs is 2. The molecule has 6 heteroatoms. The molecule has 0 saturated carbocycles. The predicted molar refractivity (Wildman–Crippen MR) is 75.6 cm³/mol. The van der Waals surface area contributed by atoms with Crippen LogP contribution in [0.4, 0.5) is 0 Å². The Morgan fingerprint density at radius 1 is 0.909 bits per heavy atom. The van der Waals surface area contributed by atoms with E-state index in [-0.39, 0.29) is 5.78 Å². The zero-order chi connectivity index (χ0) is 15.1. The summed E-state index contributed by atoms with van der Waals surface area (Å²) in [4.78, 5) is 23.1. The van der Waals surface area contributed by atoms with Gasteiger partial charge in [-0.2, -0.15) is 0 Å². The minimum absolute atomic E-state index is 0.156. The molecular formula is C16H10N2O4. The van der Waals surface area contributed by atoms with Crippen LogP contribution in [-0.2, 0) is 0 Å². The van der Waals surface area contributed by atoms with Crippen LogP contribution in [0.5, 0.6) is 11.5 Å². The van der Waals surface area contributed by atoms with Gasteiger partial charge >= 0.3 is 0 Å². The number of para-hydroxylation sites is 1. The summed E-state index contributed by atoms with van der Waals surface area (Å²) in [5.74, 6) is 1.37. The molecule has 108 valence electrons. The number of hydrogen-bond donors (Lipinski definition) is 0. The lowest BCUT2D eigenvalue weighted by molar-refractivity contribution is -0.0992. The van der Waals surface area contributed by atoms with E-state index in [1.54, 1.807) is 49.4 Å². The van der Waals surface area contributed by atoms with Crippen molar-refractivity contribution in [3.8, 4) is 23.0 Å². The van der Waals surface area contributed by atoms with E-state index in [1.165, 1.54) is 0 Å². The van der Waals surface area contributed by atoms with Crippen LogP contribution in [0.25, 0.3) is 11.5 Å². The maximum Gasteiger partial charge on any atom is 0.247 e. The number of benzene rings is 2. The monoisotopic (exact) mass is 294 g/mol. The van der Waals surface area contributed by atoms with Crippen molar-refractivity contribution in [2.45, 2.75) is 6.92 Å². The molecule has 1 aliphatic heterocycles. The molecule has 6 nitrogen and oxygen atoms in total. The van der Waals surface area contributed by atoms with Crippen molar-refractivity contribution in [3.63, 3.8) is 0 Å². The summed E-state index contributed by atoms with van der Waals surface area (Å²) < 4.78 is 5.38. The third kappa shape index (κ3) is 1.93. The van der Waals surface area contributed by atoms with Crippen LogP contribution in [0.1, 0.15) is 21.8 Å². The van der Waals surface area contributed by atoms with Crippen LogP contribution < -0.4 is 9.78 Å². The molecule has 2 heterocycles. The van der Waals surface area contributed by atoms with E-state index >= 15 is 0 Å². The number of aryl methyl sites for hydroxylation is 1. The minimum Gasteiger partial charge on any atom is -0.421 e. The van der Waals surface area contributed by atoms with Crippen molar-refractivity contribution >= 4 is 5.78 Å². The van der Waals surface area contributed by atoms with Gasteiger partial charge in [0.05, 0.1) is 11.1 Å². The number of nitrogens with zero attached hydrogens (tertiary/aromatic N) is 2. The van der Waals surface area contributed by atoms with Gasteiger partial charge in [0.1, 0.15) is 0 Å². The summed E-state index contributed by atoms with van der Waals surface area (Å²) in [6, 6.07) is 12.0. The van der Waals surface area contributed by atoms with Crippen LogP contribution in [0.2, 0.25) is 0 Å². The second-order valence-electron chi connectivity index (χ2n) is 4.83. The molecule has 0 bridgehead atoms. The van der Waals surface area contributed by atoms with Crippen molar-refractivity contribution in [1.29, 1.82) is 0 Å². The Morgan fingerprint density at radius 3 is 2.50 bits per heavy atom. The lowest BCUT2D eigenvalue weighted by Crippen LogP contribution is -2.00. The summed E-state index contributed by atoms with van der Waals surface area (Å²) in [7, 11) is 0. The Hall–Kier alpha value is -3.15. The van der Waals surface area contributed by atoms with E-state index in [9.17, 15) is 4.79 Å². The van der Waals surface area contributed by atoms with E-state index in [4.69, 9.17) is 14.2 Å². The van der Waals surface area contributed by atoms with Gasteiger partial charge < -0.3 is 4.42 Å². The molecule has 0 aliphatic carbocycles. The molecule has 0 unspecified atom stereocenters. The van der Waals surface area contributed by atoms with Crippen LogP contribution in [-0.4, -0.2) is 16.0 Å². The van der Waals surface area contributed by atoms with Gasteiger partial charge in [0.2, 0.25) is 17.6 Å². The molecule has 1 aliphatic rings. The largest absolute Gasteiger partial charge is 0.421 e. The highest BCUT2D eigenvalue weighted by molar-refractivity contribution is 6.12. The third-order valence-corrected chi connectivity index (χ3v) is 3.35. The molecule has 4 rings (SSSR count). The number of ketones is 1. The van der Waals surface area contributed by atoms with E-state index in [1.807, 2.05) is 0 Å². The Kier molecular flexibility index (Phi) is 2.69. The highest BCUT2D eigenvalue weighted by Gasteiger charge is 2.24. The van der Waals surface area contributed by atoms with Crippen molar-refractivity contribution in [2.24, 2.45) is 0 Å². The van der Waals surface area contributed by atoms with Gasteiger partial charge in [-0.05, 0) is 30.3 Å². The zero-order valence-corrected chi connectivity index (χ0v) is 11.6. The highest BCUT2D eigenvalue weighted by Crippen LogP contribution is 2.33. The van der Waals surface area contributed by atoms with Crippen molar-refractivity contribution in [1.82, 2.24) is 10.2 Å². The Balaban J connectivity index is 1.81. The van der Waals surface area contributed by atoms with Gasteiger partial charge in [0, 0.05) is 12.5 Å². The first kappa shape index (κ1) is 12.6. The van der Waals surface area contributed by atoms with Crippen LogP contribution in [0.15, 0.2) is 46.9 Å². The molecular weight excluding hydrogens is 284 g/mol. The van der Waals surface area contributed by atoms with E-state index in [0.29, 0.717) is 40.0 Å². The summed E-state index contributed by atoms with van der Waals surface area (Å²) in [5, 5.41) is 7.73. The molecule has 1 aromatic heterocycles. The molecule has 3 aromatic rings. The van der Waals surface area contributed by atoms with E-state index in [0.717, 1.165) is 0 Å². The quantitative estimate of drug-likeness (QED) is 0.642. The molecule has 0 amide bonds. The SMILES string of the molecule is Cc1nnc(-c2ccc3c(c2)OOc2ccccc2C3=O)o1.